The molecule has 0 spiro atoms. The Morgan fingerprint density at radius 2 is 2.13 bits per heavy atom. The Balaban J connectivity index is 0.00000196. The fourth-order valence-electron chi connectivity index (χ4n) is 1.63. The molecule has 1 atom stereocenters. The first-order valence-electron chi connectivity index (χ1n) is 5.19. The normalized spacial score (nSPS) is 23.5. The number of piperazine rings is 1. The quantitative estimate of drug-likeness (QED) is 0.777. The summed E-state index contributed by atoms with van der Waals surface area (Å²) >= 11 is 0. The van der Waals surface area contributed by atoms with Crippen LogP contribution >= 0.6 is 12.4 Å². The minimum atomic E-state index is -2.80. The van der Waals surface area contributed by atoms with Crippen LogP contribution in [-0.2, 0) is 9.84 Å². The third-order valence-corrected chi connectivity index (χ3v) is 4.30. The third-order valence-electron chi connectivity index (χ3n) is 2.61. The minimum absolute atomic E-state index is 0. The molecule has 1 N–H and O–H groups in total. The Labute approximate surface area is 98.7 Å². The van der Waals surface area contributed by atoms with Crippen molar-refractivity contribution in [2.75, 3.05) is 37.7 Å². The number of nitrogens with zero attached hydrogens (tertiary/aromatic N) is 1. The molecule has 1 heterocycles. The van der Waals surface area contributed by atoms with Crippen LogP contribution < -0.4 is 5.32 Å². The molecule has 1 aliphatic rings. The van der Waals surface area contributed by atoms with Crippen LogP contribution in [-0.4, -0.2) is 57.0 Å². The standard InChI is InChI=1S/C9H20N2O2S.ClH/c1-3-14(12,13)7-6-11-5-4-10-9(2)8-11;/h9-10H,3-8H2,1-2H3;1H. The molecule has 0 aromatic rings. The summed E-state index contributed by atoms with van der Waals surface area (Å²) in [6, 6.07) is 0.480. The Kier molecular flexibility index (Phi) is 6.75. The largest absolute Gasteiger partial charge is 0.312 e. The van der Waals surface area contributed by atoms with E-state index in [1.165, 1.54) is 0 Å². The number of sulfone groups is 1. The number of rotatable bonds is 4. The van der Waals surface area contributed by atoms with Gasteiger partial charge in [0.05, 0.1) is 5.75 Å². The van der Waals surface area contributed by atoms with Gasteiger partial charge in [-0.15, -0.1) is 12.4 Å². The van der Waals surface area contributed by atoms with E-state index in [-0.39, 0.29) is 18.2 Å². The van der Waals surface area contributed by atoms with Crippen LogP contribution in [0.1, 0.15) is 13.8 Å². The third kappa shape index (κ3) is 5.70. The first-order valence-corrected chi connectivity index (χ1v) is 7.02. The van der Waals surface area contributed by atoms with E-state index in [0.717, 1.165) is 19.6 Å². The second-order valence-corrected chi connectivity index (χ2v) is 6.36. The number of hydrogen-bond donors (Lipinski definition) is 1. The Morgan fingerprint density at radius 3 is 2.67 bits per heavy atom. The highest BCUT2D eigenvalue weighted by Crippen LogP contribution is 1.99. The average molecular weight is 257 g/mol. The molecule has 0 amide bonds. The molecular formula is C9H21ClN2O2S. The van der Waals surface area contributed by atoms with Gasteiger partial charge in [0.15, 0.2) is 9.84 Å². The average Bonchev–Trinajstić information content (AvgIpc) is 2.15. The molecular weight excluding hydrogens is 236 g/mol. The molecule has 4 nitrogen and oxygen atoms in total. The maximum atomic E-state index is 11.3. The molecule has 0 aromatic heterocycles. The smallest absolute Gasteiger partial charge is 0.151 e. The molecule has 0 aromatic carbocycles. The Morgan fingerprint density at radius 1 is 1.47 bits per heavy atom. The van der Waals surface area contributed by atoms with Gasteiger partial charge < -0.3 is 5.32 Å². The molecule has 0 saturated carbocycles. The molecule has 1 aliphatic heterocycles. The van der Waals surface area contributed by atoms with Gasteiger partial charge in [-0.25, -0.2) is 8.42 Å². The summed E-state index contributed by atoms with van der Waals surface area (Å²) in [5.74, 6) is 0.560. The number of hydrogen-bond acceptors (Lipinski definition) is 4. The van der Waals surface area contributed by atoms with E-state index < -0.39 is 9.84 Å². The lowest BCUT2D eigenvalue weighted by Gasteiger charge is -2.31. The molecule has 1 rings (SSSR count). The van der Waals surface area contributed by atoms with Crippen molar-refractivity contribution >= 4 is 22.2 Å². The van der Waals surface area contributed by atoms with Gasteiger partial charge in [-0.1, -0.05) is 6.92 Å². The van der Waals surface area contributed by atoms with E-state index in [4.69, 9.17) is 0 Å². The van der Waals surface area contributed by atoms with Gasteiger partial charge in [0.2, 0.25) is 0 Å². The molecule has 15 heavy (non-hydrogen) atoms. The summed E-state index contributed by atoms with van der Waals surface area (Å²) in [7, 11) is -2.80. The van der Waals surface area contributed by atoms with Gasteiger partial charge in [0.25, 0.3) is 0 Å². The van der Waals surface area contributed by atoms with E-state index in [2.05, 4.69) is 17.1 Å². The van der Waals surface area contributed by atoms with Crippen LogP contribution in [0.5, 0.6) is 0 Å². The minimum Gasteiger partial charge on any atom is -0.312 e. The van der Waals surface area contributed by atoms with Crippen LogP contribution in [0.4, 0.5) is 0 Å². The van der Waals surface area contributed by atoms with E-state index in [1.807, 2.05) is 0 Å². The summed E-state index contributed by atoms with van der Waals surface area (Å²) in [5.41, 5.74) is 0. The van der Waals surface area contributed by atoms with E-state index in [1.54, 1.807) is 6.92 Å². The summed E-state index contributed by atoms with van der Waals surface area (Å²) in [5, 5.41) is 3.33. The summed E-state index contributed by atoms with van der Waals surface area (Å²) in [6.07, 6.45) is 0. The lowest BCUT2D eigenvalue weighted by Crippen LogP contribution is -2.50. The maximum Gasteiger partial charge on any atom is 0.151 e. The predicted molar refractivity (Wildman–Crippen MR) is 65.5 cm³/mol. The van der Waals surface area contributed by atoms with Crippen molar-refractivity contribution in [3.05, 3.63) is 0 Å². The van der Waals surface area contributed by atoms with Crippen molar-refractivity contribution in [1.29, 1.82) is 0 Å². The van der Waals surface area contributed by atoms with E-state index in [9.17, 15) is 8.42 Å². The van der Waals surface area contributed by atoms with Crippen LogP contribution in [0.3, 0.4) is 0 Å². The van der Waals surface area contributed by atoms with Crippen molar-refractivity contribution in [3.63, 3.8) is 0 Å². The molecule has 0 bridgehead atoms. The predicted octanol–water partition coefficient (Wildman–Crippen LogP) is 0.137. The fourth-order valence-corrected chi connectivity index (χ4v) is 2.45. The van der Waals surface area contributed by atoms with Crippen LogP contribution in [0.15, 0.2) is 0 Å². The van der Waals surface area contributed by atoms with Crippen LogP contribution in [0.25, 0.3) is 0 Å². The maximum absolute atomic E-state index is 11.3. The monoisotopic (exact) mass is 256 g/mol. The zero-order chi connectivity index (χ0) is 10.6. The topological polar surface area (TPSA) is 49.4 Å². The number of halogens is 1. The summed E-state index contributed by atoms with van der Waals surface area (Å²) in [4.78, 5) is 2.22. The van der Waals surface area contributed by atoms with Crippen molar-refractivity contribution in [3.8, 4) is 0 Å². The van der Waals surface area contributed by atoms with Crippen molar-refractivity contribution in [1.82, 2.24) is 10.2 Å². The first-order chi connectivity index (χ1) is 6.53. The highest BCUT2D eigenvalue weighted by atomic mass is 35.5. The van der Waals surface area contributed by atoms with Gasteiger partial charge in [-0.05, 0) is 6.92 Å². The van der Waals surface area contributed by atoms with E-state index >= 15 is 0 Å². The Hall–Kier alpha value is 0.160. The van der Waals surface area contributed by atoms with Gasteiger partial charge >= 0.3 is 0 Å². The van der Waals surface area contributed by atoms with Crippen LogP contribution in [0.2, 0.25) is 0 Å². The van der Waals surface area contributed by atoms with Crippen molar-refractivity contribution in [2.24, 2.45) is 0 Å². The van der Waals surface area contributed by atoms with Gasteiger partial charge in [-0.3, -0.25) is 4.90 Å². The molecule has 0 aliphatic carbocycles. The zero-order valence-electron chi connectivity index (χ0n) is 9.40. The molecule has 0 radical (unpaired) electrons. The van der Waals surface area contributed by atoms with E-state index in [0.29, 0.717) is 18.3 Å². The highest BCUT2D eigenvalue weighted by molar-refractivity contribution is 7.91. The van der Waals surface area contributed by atoms with Gasteiger partial charge in [0.1, 0.15) is 0 Å². The SMILES string of the molecule is CCS(=O)(=O)CCN1CCNC(C)C1.Cl. The molecule has 1 fully saturated rings. The second kappa shape index (κ2) is 6.68. The van der Waals surface area contributed by atoms with Crippen molar-refractivity contribution < 1.29 is 8.42 Å². The highest BCUT2D eigenvalue weighted by Gasteiger charge is 2.17. The summed E-state index contributed by atoms with van der Waals surface area (Å²) < 4.78 is 22.6. The van der Waals surface area contributed by atoms with Gasteiger partial charge in [-0.2, -0.15) is 0 Å². The molecule has 1 unspecified atom stereocenters. The molecule has 92 valence electrons. The lowest BCUT2D eigenvalue weighted by atomic mass is 10.2. The molecule has 6 heteroatoms. The zero-order valence-corrected chi connectivity index (χ0v) is 11.0. The summed E-state index contributed by atoms with van der Waals surface area (Å²) in [6.45, 7) is 7.40. The second-order valence-electron chi connectivity index (χ2n) is 3.89. The lowest BCUT2D eigenvalue weighted by molar-refractivity contribution is 0.217. The Bertz CT molecular complexity index is 269. The van der Waals surface area contributed by atoms with Gasteiger partial charge in [0, 0.05) is 38.0 Å². The van der Waals surface area contributed by atoms with Crippen LogP contribution in [0, 0.1) is 0 Å². The molecule has 1 saturated heterocycles. The number of nitrogens with one attached hydrogen (secondary N) is 1. The van der Waals surface area contributed by atoms with Crippen molar-refractivity contribution in [2.45, 2.75) is 19.9 Å². The first kappa shape index (κ1) is 15.2. The fraction of sp³-hybridized carbons (Fsp3) is 1.00.